The third-order valence-electron chi connectivity index (χ3n) is 4.28. The summed E-state index contributed by atoms with van der Waals surface area (Å²) in [7, 11) is 0. The fourth-order valence-electron chi connectivity index (χ4n) is 2.92. The average Bonchev–Trinajstić information content (AvgIpc) is 3.23. The maximum atomic E-state index is 5.69. The monoisotopic (exact) mass is 392 g/mol. The number of para-hydroxylation sites is 1. The molecule has 0 spiro atoms. The van der Waals surface area contributed by atoms with E-state index in [9.17, 15) is 0 Å². The number of nitrogens with one attached hydrogen (secondary N) is 2. The van der Waals surface area contributed by atoms with Crippen LogP contribution in [-0.2, 0) is 13.0 Å². The molecule has 0 saturated carbocycles. The van der Waals surface area contributed by atoms with Gasteiger partial charge in [-0.3, -0.25) is 0 Å². The van der Waals surface area contributed by atoms with E-state index in [1.807, 2.05) is 62.4 Å². The predicted octanol–water partition coefficient (Wildman–Crippen LogP) is 4.04. The Morgan fingerprint density at radius 2 is 1.83 bits per heavy atom. The normalized spacial score (nSPS) is 11.3. The Morgan fingerprint density at radius 1 is 1.03 bits per heavy atom. The van der Waals surface area contributed by atoms with Crippen LogP contribution in [0.5, 0.6) is 5.75 Å². The second-order valence-electron chi connectivity index (χ2n) is 6.42. The van der Waals surface area contributed by atoms with E-state index in [2.05, 4.69) is 26.7 Å². The van der Waals surface area contributed by atoms with Gasteiger partial charge in [-0.15, -0.1) is 0 Å². The van der Waals surface area contributed by atoms with Gasteiger partial charge in [-0.1, -0.05) is 36.4 Å². The lowest BCUT2D eigenvalue weighted by molar-refractivity contribution is 0.336. The van der Waals surface area contributed by atoms with Gasteiger partial charge in [-0.25, -0.2) is 9.98 Å². The van der Waals surface area contributed by atoms with Crippen LogP contribution < -0.4 is 15.4 Å². The third kappa shape index (κ3) is 6.10. The summed E-state index contributed by atoms with van der Waals surface area (Å²) in [4.78, 5) is 9.15. The molecule has 0 unspecified atom stereocenters. The van der Waals surface area contributed by atoms with Crippen molar-refractivity contribution in [2.45, 2.75) is 26.8 Å². The summed E-state index contributed by atoms with van der Waals surface area (Å²) in [6, 6.07) is 18.0. The topological polar surface area (TPSA) is 71.7 Å². The van der Waals surface area contributed by atoms with E-state index in [0.29, 0.717) is 19.0 Å². The molecule has 0 aliphatic heterocycles. The Kier molecular flexibility index (Phi) is 7.69. The van der Waals surface area contributed by atoms with Gasteiger partial charge < -0.3 is 19.8 Å². The summed E-state index contributed by atoms with van der Waals surface area (Å²) >= 11 is 0. The number of benzene rings is 2. The zero-order chi connectivity index (χ0) is 20.3. The van der Waals surface area contributed by atoms with E-state index in [1.54, 1.807) is 6.26 Å². The number of rotatable bonds is 9. The first-order chi connectivity index (χ1) is 14.3. The lowest BCUT2D eigenvalue weighted by Gasteiger charge is -2.13. The molecule has 6 heteroatoms. The van der Waals surface area contributed by atoms with Crippen molar-refractivity contribution in [2.75, 3.05) is 19.7 Å². The maximum Gasteiger partial charge on any atom is 0.226 e. The molecule has 0 aliphatic rings. The summed E-state index contributed by atoms with van der Waals surface area (Å²) in [5, 5.41) is 6.64. The van der Waals surface area contributed by atoms with Crippen molar-refractivity contribution in [3.05, 3.63) is 72.1 Å². The van der Waals surface area contributed by atoms with Crippen LogP contribution in [0.25, 0.3) is 11.5 Å². The SMILES string of the molecule is CCNC(=NCc1coc(-c2ccccc2)n1)NCCc1ccccc1OCC. The molecule has 0 bridgehead atoms. The highest BCUT2D eigenvalue weighted by atomic mass is 16.5. The van der Waals surface area contributed by atoms with E-state index >= 15 is 0 Å². The van der Waals surface area contributed by atoms with Gasteiger partial charge in [-0.2, -0.15) is 0 Å². The van der Waals surface area contributed by atoms with Crippen molar-refractivity contribution < 1.29 is 9.15 Å². The van der Waals surface area contributed by atoms with Gasteiger partial charge >= 0.3 is 0 Å². The minimum Gasteiger partial charge on any atom is -0.494 e. The second-order valence-corrected chi connectivity index (χ2v) is 6.42. The lowest BCUT2D eigenvalue weighted by Crippen LogP contribution is -2.38. The van der Waals surface area contributed by atoms with Crippen LogP contribution >= 0.6 is 0 Å². The molecule has 0 amide bonds. The van der Waals surface area contributed by atoms with Crippen LogP contribution in [0.4, 0.5) is 0 Å². The van der Waals surface area contributed by atoms with Gasteiger partial charge in [0.05, 0.1) is 13.2 Å². The number of hydrogen-bond donors (Lipinski definition) is 2. The molecule has 3 aromatic rings. The molecule has 6 nitrogen and oxygen atoms in total. The van der Waals surface area contributed by atoms with Gasteiger partial charge in [-0.05, 0) is 44.0 Å². The molecule has 0 aliphatic carbocycles. The molecular weight excluding hydrogens is 364 g/mol. The first-order valence-electron chi connectivity index (χ1n) is 10.0. The van der Waals surface area contributed by atoms with Crippen LogP contribution in [0.2, 0.25) is 0 Å². The van der Waals surface area contributed by atoms with Gasteiger partial charge in [0.15, 0.2) is 5.96 Å². The summed E-state index contributed by atoms with van der Waals surface area (Å²) in [5.41, 5.74) is 2.94. The second kappa shape index (κ2) is 10.9. The van der Waals surface area contributed by atoms with Crippen molar-refractivity contribution in [1.82, 2.24) is 15.6 Å². The van der Waals surface area contributed by atoms with Crippen LogP contribution in [-0.4, -0.2) is 30.6 Å². The number of oxazole rings is 1. The molecule has 0 saturated heterocycles. The number of nitrogens with zero attached hydrogens (tertiary/aromatic N) is 2. The summed E-state index contributed by atoms with van der Waals surface area (Å²) < 4.78 is 11.3. The molecule has 0 atom stereocenters. The zero-order valence-electron chi connectivity index (χ0n) is 17.0. The molecular formula is C23H28N4O2. The highest BCUT2D eigenvalue weighted by Crippen LogP contribution is 2.19. The van der Waals surface area contributed by atoms with Crippen molar-refractivity contribution in [2.24, 2.45) is 4.99 Å². The largest absolute Gasteiger partial charge is 0.494 e. The Hall–Kier alpha value is -3.28. The molecule has 2 aromatic carbocycles. The summed E-state index contributed by atoms with van der Waals surface area (Å²) in [6.45, 7) is 6.70. The molecule has 29 heavy (non-hydrogen) atoms. The Bertz CT molecular complexity index is 906. The maximum absolute atomic E-state index is 5.69. The van der Waals surface area contributed by atoms with E-state index in [0.717, 1.165) is 42.5 Å². The quantitative estimate of drug-likeness (QED) is 0.425. The third-order valence-corrected chi connectivity index (χ3v) is 4.28. The number of aromatic nitrogens is 1. The molecule has 3 rings (SSSR count). The highest BCUT2D eigenvalue weighted by Gasteiger charge is 2.07. The number of aliphatic imine (C=N–C) groups is 1. The highest BCUT2D eigenvalue weighted by molar-refractivity contribution is 5.79. The van der Waals surface area contributed by atoms with Gasteiger partial charge in [0.1, 0.15) is 17.7 Å². The van der Waals surface area contributed by atoms with Gasteiger partial charge in [0.2, 0.25) is 5.89 Å². The van der Waals surface area contributed by atoms with Gasteiger partial charge in [0, 0.05) is 18.7 Å². The first kappa shape index (κ1) is 20.5. The molecule has 152 valence electrons. The molecule has 1 heterocycles. The van der Waals surface area contributed by atoms with Crippen LogP contribution in [0.1, 0.15) is 25.1 Å². The fourth-order valence-corrected chi connectivity index (χ4v) is 2.92. The molecule has 0 radical (unpaired) electrons. The first-order valence-corrected chi connectivity index (χ1v) is 10.0. The minimum absolute atomic E-state index is 0.446. The average molecular weight is 393 g/mol. The Balaban J connectivity index is 1.57. The number of hydrogen-bond acceptors (Lipinski definition) is 4. The standard InChI is InChI=1S/C23H28N4O2/c1-3-24-23(25-15-14-18-10-8-9-13-21(18)28-4-2)26-16-20-17-29-22(27-20)19-11-6-5-7-12-19/h5-13,17H,3-4,14-16H2,1-2H3,(H2,24,25,26). The predicted molar refractivity (Wildman–Crippen MR) is 116 cm³/mol. The number of ether oxygens (including phenoxy) is 1. The Labute approximate surface area is 172 Å². The fraction of sp³-hybridized carbons (Fsp3) is 0.304. The van der Waals surface area contributed by atoms with Crippen LogP contribution in [0.3, 0.4) is 0 Å². The number of guanidine groups is 1. The van der Waals surface area contributed by atoms with Crippen LogP contribution in [0.15, 0.2) is 70.3 Å². The zero-order valence-corrected chi connectivity index (χ0v) is 17.0. The molecule has 2 N–H and O–H groups in total. The lowest BCUT2D eigenvalue weighted by atomic mass is 10.1. The molecule has 0 fully saturated rings. The summed E-state index contributed by atoms with van der Waals surface area (Å²) in [5.74, 6) is 2.31. The van der Waals surface area contributed by atoms with E-state index in [-0.39, 0.29) is 0 Å². The van der Waals surface area contributed by atoms with Crippen molar-refractivity contribution in [3.63, 3.8) is 0 Å². The van der Waals surface area contributed by atoms with Crippen LogP contribution in [0, 0.1) is 0 Å². The smallest absolute Gasteiger partial charge is 0.226 e. The van der Waals surface area contributed by atoms with Crippen molar-refractivity contribution >= 4 is 5.96 Å². The Morgan fingerprint density at radius 3 is 2.62 bits per heavy atom. The summed E-state index contributed by atoms with van der Waals surface area (Å²) in [6.07, 6.45) is 2.51. The van der Waals surface area contributed by atoms with Crippen molar-refractivity contribution in [3.8, 4) is 17.2 Å². The van der Waals surface area contributed by atoms with E-state index < -0.39 is 0 Å². The van der Waals surface area contributed by atoms with E-state index in [4.69, 9.17) is 9.15 Å². The minimum atomic E-state index is 0.446. The van der Waals surface area contributed by atoms with Crippen molar-refractivity contribution in [1.29, 1.82) is 0 Å². The van der Waals surface area contributed by atoms with Gasteiger partial charge in [0.25, 0.3) is 0 Å². The molecule has 1 aromatic heterocycles. The van der Waals surface area contributed by atoms with E-state index in [1.165, 1.54) is 5.56 Å².